The van der Waals surface area contributed by atoms with Crippen LogP contribution >= 0.6 is 0 Å². The highest BCUT2D eigenvalue weighted by Crippen LogP contribution is 2.25. The minimum absolute atomic E-state index is 0.133. The van der Waals surface area contributed by atoms with Crippen molar-refractivity contribution in [2.45, 2.75) is 59.3 Å². The van der Waals surface area contributed by atoms with Crippen LogP contribution in [0.5, 0.6) is 0 Å². The van der Waals surface area contributed by atoms with Gasteiger partial charge in [0.25, 0.3) is 5.91 Å². The van der Waals surface area contributed by atoms with Crippen LogP contribution in [0.15, 0.2) is 0 Å². The van der Waals surface area contributed by atoms with Gasteiger partial charge in [-0.2, -0.15) is 0 Å². The Kier molecular flexibility index (Phi) is 6.98. The average molecular weight is 404 g/mol. The first-order chi connectivity index (χ1) is 13.9. The Bertz CT molecular complexity index is 762. The molecule has 2 amide bonds. The predicted octanol–water partition coefficient (Wildman–Crippen LogP) is 3.06. The number of piperidine rings is 1. The van der Waals surface area contributed by atoms with Gasteiger partial charge in [-0.3, -0.25) is 9.59 Å². The monoisotopic (exact) mass is 403 g/mol. The highest BCUT2D eigenvalue weighted by atomic mass is 16.5. The third kappa shape index (κ3) is 4.65. The van der Waals surface area contributed by atoms with E-state index in [1.807, 2.05) is 4.90 Å². The molecule has 0 bridgehead atoms. The second-order valence-corrected chi connectivity index (χ2v) is 8.18. The van der Waals surface area contributed by atoms with Gasteiger partial charge in [0.2, 0.25) is 5.91 Å². The zero-order valence-electron chi connectivity index (χ0n) is 17.9. The van der Waals surface area contributed by atoms with Crippen LogP contribution in [0.3, 0.4) is 0 Å². The van der Waals surface area contributed by atoms with E-state index in [1.165, 1.54) is 12.8 Å². The molecule has 7 nitrogen and oxygen atoms in total. The van der Waals surface area contributed by atoms with Crippen molar-refractivity contribution in [3.63, 3.8) is 0 Å². The SMILES string of the molecule is CCOC(=O)c1c(C)[nH]c(C(=O)N2CCC[C@@H](C(=O)N3CCCCCC3)C2)c1C. The number of nitrogens with zero attached hydrogens (tertiary/aromatic N) is 2. The van der Waals surface area contributed by atoms with Crippen molar-refractivity contribution in [1.29, 1.82) is 0 Å². The lowest BCUT2D eigenvalue weighted by Crippen LogP contribution is -2.47. The maximum atomic E-state index is 13.2. The molecule has 0 spiro atoms. The Balaban J connectivity index is 1.72. The molecule has 1 aromatic rings. The Hall–Kier alpha value is -2.31. The topological polar surface area (TPSA) is 82.7 Å². The van der Waals surface area contributed by atoms with Crippen LogP contribution in [0.4, 0.5) is 0 Å². The van der Waals surface area contributed by atoms with Crippen molar-refractivity contribution in [2.24, 2.45) is 5.92 Å². The summed E-state index contributed by atoms with van der Waals surface area (Å²) in [6.07, 6.45) is 6.16. The van der Waals surface area contributed by atoms with Crippen LogP contribution in [0, 0.1) is 19.8 Å². The molecule has 0 aliphatic carbocycles. The second kappa shape index (κ2) is 9.46. The highest BCUT2D eigenvalue weighted by Gasteiger charge is 2.33. The van der Waals surface area contributed by atoms with Gasteiger partial charge in [0.05, 0.1) is 18.1 Å². The summed E-state index contributed by atoms with van der Waals surface area (Å²) >= 11 is 0. The van der Waals surface area contributed by atoms with Crippen molar-refractivity contribution in [1.82, 2.24) is 14.8 Å². The summed E-state index contributed by atoms with van der Waals surface area (Å²) in [5.74, 6) is -0.497. The molecule has 2 fully saturated rings. The van der Waals surface area contributed by atoms with E-state index < -0.39 is 5.97 Å². The number of carbonyl (C=O) groups excluding carboxylic acids is 3. The van der Waals surface area contributed by atoms with E-state index in [-0.39, 0.29) is 17.7 Å². The maximum absolute atomic E-state index is 13.2. The van der Waals surface area contributed by atoms with Gasteiger partial charge in [-0.05, 0) is 52.0 Å². The fourth-order valence-corrected chi connectivity index (χ4v) is 4.54. The summed E-state index contributed by atoms with van der Waals surface area (Å²) in [4.78, 5) is 45.3. The molecule has 2 aliphatic heterocycles. The molecule has 2 aliphatic rings. The van der Waals surface area contributed by atoms with Gasteiger partial charge in [0.1, 0.15) is 5.69 Å². The molecule has 1 N–H and O–H groups in total. The van der Waals surface area contributed by atoms with E-state index in [4.69, 9.17) is 4.74 Å². The number of hydrogen-bond donors (Lipinski definition) is 1. The van der Waals surface area contributed by atoms with Crippen LogP contribution in [-0.4, -0.2) is 65.4 Å². The summed E-state index contributed by atoms with van der Waals surface area (Å²) in [5, 5.41) is 0. The van der Waals surface area contributed by atoms with Crippen LogP contribution in [0.25, 0.3) is 0 Å². The molecule has 3 heterocycles. The van der Waals surface area contributed by atoms with Crippen molar-refractivity contribution >= 4 is 17.8 Å². The molecule has 0 aromatic carbocycles. The van der Waals surface area contributed by atoms with Crippen molar-refractivity contribution in [3.05, 3.63) is 22.5 Å². The molecule has 7 heteroatoms. The van der Waals surface area contributed by atoms with Crippen LogP contribution in [0.1, 0.15) is 77.6 Å². The normalized spacial score (nSPS) is 20.3. The third-order valence-corrected chi connectivity index (χ3v) is 6.11. The summed E-state index contributed by atoms with van der Waals surface area (Å²) in [7, 11) is 0. The summed E-state index contributed by atoms with van der Waals surface area (Å²) in [6.45, 7) is 8.34. The molecular weight excluding hydrogens is 370 g/mol. The largest absolute Gasteiger partial charge is 0.462 e. The first-order valence-electron chi connectivity index (χ1n) is 10.9. The average Bonchev–Trinajstić information content (AvgIpc) is 2.89. The molecule has 1 aromatic heterocycles. The fraction of sp³-hybridized carbons (Fsp3) is 0.682. The summed E-state index contributed by atoms with van der Waals surface area (Å²) < 4.78 is 5.12. The number of hydrogen-bond acceptors (Lipinski definition) is 4. The van der Waals surface area contributed by atoms with E-state index in [9.17, 15) is 14.4 Å². The molecule has 0 radical (unpaired) electrons. The standard InChI is InChI=1S/C22H33N3O4/c1-4-29-22(28)18-15(2)19(23-16(18)3)21(27)25-13-9-10-17(14-25)20(26)24-11-7-5-6-8-12-24/h17,23H,4-14H2,1-3H3/t17-/m1/s1. The van der Waals surface area contributed by atoms with Gasteiger partial charge in [0.15, 0.2) is 0 Å². The Morgan fingerprint density at radius 3 is 2.31 bits per heavy atom. The van der Waals surface area contributed by atoms with Crippen LogP contribution in [0.2, 0.25) is 0 Å². The minimum Gasteiger partial charge on any atom is -0.462 e. The number of H-pyrrole nitrogens is 1. The molecule has 160 valence electrons. The maximum Gasteiger partial charge on any atom is 0.340 e. The van der Waals surface area contributed by atoms with Gasteiger partial charge < -0.3 is 19.5 Å². The molecule has 2 saturated heterocycles. The Labute approximate surface area is 172 Å². The van der Waals surface area contributed by atoms with Crippen molar-refractivity contribution in [3.8, 4) is 0 Å². The lowest BCUT2D eigenvalue weighted by atomic mass is 9.95. The van der Waals surface area contributed by atoms with E-state index in [1.54, 1.807) is 25.7 Å². The number of carbonyl (C=O) groups is 3. The lowest BCUT2D eigenvalue weighted by Gasteiger charge is -2.34. The number of rotatable bonds is 4. The number of aromatic amines is 1. The zero-order chi connectivity index (χ0) is 21.0. The molecule has 0 saturated carbocycles. The van der Waals surface area contributed by atoms with E-state index >= 15 is 0 Å². The fourth-order valence-electron chi connectivity index (χ4n) is 4.54. The second-order valence-electron chi connectivity index (χ2n) is 8.18. The van der Waals surface area contributed by atoms with E-state index in [0.717, 1.165) is 38.8 Å². The summed E-state index contributed by atoms with van der Waals surface area (Å²) in [6, 6.07) is 0. The van der Waals surface area contributed by atoms with Gasteiger partial charge in [0, 0.05) is 31.9 Å². The van der Waals surface area contributed by atoms with E-state index in [2.05, 4.69) is 4.98 Å². The van der Waals surface area contributed by atoms with Gasteiger partial charge in [-0.15, -0.1) is 0 Å². The molecule has 29 heavy (non-hydrogen) atoms. The number of ether oxygens (including phenoxy) is 1. The first kappa shape index (κ1) is 21.4. The van der Waals surface area contributed by atoms with Gasteiger partial charge in [-0.1, -0.05) is 12.8 Å². The Morgan fingerprint density at radius 1 is 1.00 bits per heavy atom. The predicted molar refractivity (Wildman–Crippen MR) is 110 cm³/mol. The highest BCUT2D eigenvalue weighted by molar-refractivity contribution is 6.00. The molecular formula is C22H33N3O4. The quantitative estimate of drug-likeness (QED) is 0.783. The molecule has 3 rings (SSSR count). The molecule has 1 atom stereocenters. The summed E-state index contributed by atoms with van der Waals surface area (Å²) in [5.41, 5.74) is 2.11. The Morgan fingerprint density at radius 2 is 1.66 bits per heavy atom. The smallest absolute Gasteiger partial charge is 0.340 e. The molecule has 0 unspecified atom stereocenters. The number of aromatic nitrogens is 1. The first-order valence-corrected chi connectivity index (χ1v) is 10.9. The third-order valence-electron chi connectivity index (χ3n) is 6.11. The lowest BCUT2D eigenvalue weighted by molar-refractivity contribution is -0.136. The van der Waals surface area contributed by atoms with Crippen LogP contribution in [-0.2, 0) is 9.53 Å². The zero-order valence-corrected chi connectivity index (χ0v) is 17.9. The number of esters is 1. The minimum atomic E-state index is -0.411. The van der Waals surface area contributed by atoms with Gasteiger partial charge >= 0.3 is 5.97 Å². The van der Waals surface area contributed by atoms with E-state index in [0.29, 0.717) is 42.2 Å². The van der Waals surface area contributed by atoms with Crippen molar-refractivity contribution in [2.75, 3.05) is 32.8 Å². The van der Waals surface area contributed by atoms with Gasteiger partial charge in [-0.25, -0.2) is 4.79 Å². The number of likely N-dealkylation sites (tertiary alicyclic amines) is 2. The van der Waals surface area contributed by atoms with Crippen molar-refractivity contribution < 1.29 is 19.1 Å². The number of amides is 2. The number of aryl methyl sites for hydroxylation is 1. The number of nitrogens with one attached hydrogen (secondary N) is 1. The van der Waals surface area contributed by atoms with Crippen LogP contribution < -0.4 is 0 Å².